The van der Waals surface area contributed by atoms with Gasteiger partial charge in [-0.05, 0) is 50.4 Å². The van der Waals surface area contributed by atoms with E-state index in [-0.39, 0.29) is 11.9 Å². The number of hydrogen-bond acceptors (Lipinski definition) is 2. The van der Waals surface area contributed by atoms with Crippen molar-refractivity contribution in [3.05, 3.63) is 36.0 Å². The molecule has 106 valence electrons. The second kappa shape index (κ2) is 5.29. The van der Waals surface area contributed by atoms with E-state index < -0.39 is 0 Å². The lowest BCUT2D eigenvalue weighted by atomic mass is 9.93. The van der Waals surface area contributed by atoms with Crippen LogP contribution >= 0.6 is 0 Å². The molecule has 0 aliphatic carbocycles. The van der Waals surface area contributed by atoms with Gasteiger partial charge in [0, 0.05) is 17.1 Å². The highest BCUT2D eigenvalue weighted by Gasteiger charge is 2.26. The summed E-state index contributed by atoms with van der Waals surface area (Å²) in [5.74, 6) is 0.327. The molecule has 4 nitrogen and oxygen atoms in total. The summed E-state index contributed by atoms with van der Waals surface area (Å²) in [7, 11) is 0. The van der Waals surface area contributed by atoms with Crippen molar-refractivity contribution in [2.24, 2.45) is 5.73 Å². The Labute approximate surface area is 118 Å². The predicted octanol–water partition coefficient (Wildman–Crippen LogP) is 2.22. The second-order valence-electron chi connectivity index (χ2n) is 5.70. The van der Waals surface area contributed by atoms with Crippen LogP contribution in [0.3, 0.4) is 0 Å². The molecule has 0 saturated carbocycles. The van der Waals surface area contributed by atoms with E-state index in [9.17, 15) is 4.79 Å². The monoisotopic (exact) mass is 271 g/mol. The number of aromatic amines is 1. The van der Waals surface area contributed by atoms with Crippen molar-refractivity contribution in [2.75, 3.05) is 13.1 Å². The zero-order chi connectivity index (χ0) is 14.1. The SMILES string of the molecule is C[C@H](C(N)=O)N1CCC(c2cc3ccccc3[nH]2)CC1. The summed E-state index contributed by atoms with van der Waals surface area (Å²) < 4.78 is 0. The zero-order valence-electron chi connectivity index (χ0n) is 11.8. The number of amides is 1. The number of para-hydroxylation sites is 1. The molecular formula is C16H21N3O. The number of benzene rings is 1. The number of carbonyl (C=O) groups excluding carboxylic acids is 1. The number of nitrogens with one attached hydrogen (secondary N) is 1. The van der Waals surface area contributed by atoms with E-state index in [4.69, 9.17) is 5.73 Å². The molecule has 1 saturated heterocycles. The highest BCUT2D eigenvalue weighted by Crippen LogP contribution is 2.30. The van der Waals surface area contributed by atoms with Crippen molar-refractivity contribution in [3.63, 3.8) is 0 Å². The largest absolute Gasteiger partial charge is 0.368 e. The lowest BCUT2D eigenvalue weighted by Gasteiger charge is -2.34. The Hall–Kier alpha value is -1.81. The Bertz CT molecular complexity index is 578. The van der Waals surface area contributed by atoms with Crippen LogP contribution in [0.1, 0.15) is 31.4 Å². The molecule has 2 aromatic rings. The minimum absolute atomic E-state index is 0.154. The molecule has 1 aliphatic heterocycles. The summed E-state index contributed by atoms with van der Waals surface area (Å²) in [6, 6.07) is 10.5. The van der Waals surface area contributed by atoms with Gasteiger partial charge in [0.2, 0.25) is 5.91 Å². The van der Waals surface area contributed by atoms with E-state index >= 15 is 0 Å². The lowest BCUT2D eigenvalue weighted by molar-refractivity contribution is -0.123. The van der Waals surface area contributed by atoms with Crippen LogP contribution < -0.4 is 5.73 Å². The van der Waals surface area contributed by atoms with Gasteiger partial charge < -0.3 is 10.7 Å². The summed E-state index contributed by atoms with van der Waals surface area (Å²) in [5, 5.41) is 1.27. The van der Waals surface area contributed by atoms with Gasteiger partial charge in [0.1, 0.15) is 0 Å². The fourth-order valence-electron chi connectivity index (χ4n) is 3.09. The van der Waals surface area contributed by atoms with Gasteiger partial charge in [0.15, 0.2) is 0 Å². The molecule has 1 aromatic carbocycles. The molecule has 4 heteroatoms. The van der Waals surface area contributed by atoms with E-state index in [2.05, 4.69) is 40.2 Å². The first-order valence-electron chi connectivity index (χ1n) is 7.26. The molecule has 2 heterocycles. The van der Waals surface area contributed by atoms with Gasteiger partial charge in [-0.1, -0.05) is 18.2 Å². The molecule has 0 spiro atoms. The summed E-state index contributed by atoms with van der Waals surface area (Å²) in [5.41, 5.74) is 7.90. The average Bonchev–Trinajstić information content (AvgIpc) is 2.90. The minimum Gasteiger partial charge on any atom is -0.368 e. The van der Waals surface area contributed by atoms with Gasteiger partial charge in [0.25, 0.3) is 0 Å². The highest BCUT2D eigenvalue weighted by atomic mass is 16.1. The predicted molar refractivity (Wildman–Crippen MR) is 80.5 cm³/mol. The number of likely N-dealkylation sites (tertiary alicyclic amines) is 1. The van der Waals surface area contributed by atoms with Crippen LogP contribution in [-0.4, -0.2) is 34.9 Å². The first-order valence-corrected chi connectivity index (χ1v) is 7.26. The normalized spacial score (nSPS) is 19.2. The van der Waals surface area contributed by atoms with E-state index in [1.807, 2.05) is 6.92 Å². The molecule has 1 aromatic heterocycles. The van der Waals surface area contributed by atoms with Crippen molar-refractivity contribution in [1.29, 1.82) is 0 Å². The van der Waals surface area contributed by atoms with E-state index in [1.165, 1.54) is 16.6 Å². The maximum absolute atomic E-state index is 11.2. The van der Waals surface area contributed by atoms with Crippen molar-refractivity contribution in [1.82, 2.24) is 9.88 Å². The fraction of sp³-hybridized carbons (Fsp3) is 0.438. The Morgan fingerprint density at radius 1 is 1.35 bits per heavy atom. The number of nitrogens with two attached hydrogens (primary N) is 1. The van der Waals surface area contributed by atoms with E-state index in [0.29, 0.717) is 5.92 Å². The standard InChI is InChI=1S/C16H21N3O/c1-11(16(17)20)19-8-6-12(7-9-19)15-10-13-4-2-3-5-14(13)18-15/h2-5,10-12,18H,6-9H2,1H3,(H2,17,20)/t11-/m1/s1. The van der Waals surface area contributed by atoms with Crippen molar-refractivity contribution in [3.8, 4) is 0 Å². The second-order valence-corrected chi connectivity index (χ2v) is 5.70. The molecule has 3 N–H and O–H groups in total. The summed E-state index contributed by atoms with van der Waals surface area (Å²) in [6.45, 7) is 3.76. The van der Waals surface area contributed by atoms with E-state index in [1.54, 1.807) is 0 Å². The van der Waals surface area contributed by atoms with Gasteiger partial charge in [0.05, 0.1) is 6.04 Å². The lowest BCUT2D eigenvalue weighted by Crippen LogP contribution is -2.46. The van der Waals surface area contributed by atoms with Gasteiger partial charge in [-0.3, -0.25) is 9.69 Å². The Morgan fingerprint density at radius 3 is 2.70 bits per heavy atom. The number of aromatic nitrogens is 1. The van der Waals surface area contributed by atoms with Crippen LogP contribution in [0.2, 0.25) is 0 Å². The highest BCUT2D eigenvalue weighted by molar-refractivity contribution is 5.80. The maximum atomic E-state index is 11.2. The van der Waals surface area contributed by atoms with Gasteiger partial charge >= 0.3 is 0 Å². The first kappa shape index (κ1) is 13.2. The van der Waals surface area contributed by atoms with E-state index in [0.717, 1.165) is 25.9 Å². The maximum Gasteiger partial charge on any atom is 0.234 e. The summed E-state index contributed by atoms with van der Waals surface area (Å²) in [4.78, 5) is 16.9. The number of hydrogen-bond donors (Lipinski definition) is 2. The number of nitrogens with zero attached hydrogens (tertiary/aromatic N) is 1. The molecule has 0 unspecified atom stereocenters. The summed E-state index contributed by atoms with van der Waals surface area (Å²) in [6.07, 6.45) is 2.15. The Balaban J connectivity index is 1.70. The van der Waals surface area contributed by atoms with Gasteiger partial charge in [-0.15, -0.1) is 0 Å². The number of piperidine rings is 1. The smallest absolute Gasteiger partial charge is 0.234 e. The Morgan fingerprint density at radius 2 is 2.05 bits per heavy atom. The number of carbonyl (C=O) groups is 1. The van der Waals surface area contributed by atoms with Crippen LogP contribution in [0.15, 0.2) is 30.3 Å². The molecule has 0 radical (unpaired) electrons. The van der Waals surface area contributed by atoms with Crippen LogP contribution in [0.5, 0.6) is 0 Å². The topological polar surface area (TPSA) is 62.1 Å². The fourth-order valence-corrected chi connectivity index (χ4v) is 3.09. The molecule has 1 amide bonds. The average molecular weight is 271 g/mol. The Kier molecular flexibility index (Phi) is 3.49. The third-order valence-corrected chi connectivity index (χ3v) is 4.48. The molecule has 0 bridgehead atoms. The molecule has 1 fully saturated rings. The molecule has 20 heavy (non-hydrogen) atoms. The minimum atomic E-state index is -0.228. The third-order valence-electron chi connectivity index (χ3n) is 4.48. The van der Waals surface area contributed by atoms with Gasteiger partial charge in [-0.2, -0.15) is 0 Å². The third kappa shape index (κ3) is 2.43. The molecule has 1 atom stereocenters. The molecular weight excluding hydrogens is 250 g/mol. The van der Waals surface area contributed by atoms with Gasteiger partial charge in [-0.25, -0.2) is 0 Å². The quantitative estimate of drug-likeness (QED) is 0.899. The van der Waals surface area contributed by atoms with Crippen molar-refractivity contribution < 1.29 is 4.79 Å². The zero-order valence-corrected chi connectivity index (χ0v) is 11.8. The number of primary amides is 1. The van der Waals surface area contributed by atoms with Crippen LogP contribution in [-0.2, 0) is 4.79 Å². The number of H-pyrrole nitrogens is 1. The number of rotatable bonds is 3. The summed E-state index contributed by atoms with van der Waals surface area (Å²) >= 11 is 0. The van der Waals surface area contributed by atoms with Crippen LogP contribution in [0.25, 0.3) is 10.9 Å². The molecule has 3 rings (SSSR count). The van der Waals surface area contributed by atoms with Crippen molar-refractivity contribution >= 4 is 16.8 Å². The molecule has 1 aliphatic rings. The first-order chi connectivity index (χ1) is 9.65. The number of fused-ring (bicyclic) bond motifs is 1. The van der Waals surface area contributed by atoms with Crippen LogP contribution in [0, 0.1) is 0 Å². The van der Waals surface area contributed by atoms with Crippen LogP contribution in [0.4, 0.5) is 0 Å². The van der Waals surface area contributed by atoms with Crippen molar-refractivity contribution in [2.45, 2.75) is 31.7 Å².